The summed E-state index contributed by atoms with van der Waals surface area (Å²) < 4.78 is 16.0. The monoisotopic (exact) mass is 453 g/mol. The molecular formula is C23H23N3O5S. The predicted octanol–water partition coefficient (Wildman–Crippen LogP) is 3.64. The number of fused-ring (bicyclic) bond motifs is 1. The summed E-state index contributed by atoms with van der Waals surface area (Å²) in [4.78, 5) is 16.8. The molecule has 2 aromatic rings. The van der Waals surface area contributed by atoms with Crippen LogP contribution in [0.5, 0.6) is 23.0 Å². The Labute approximate surface area is 190 Å². The van der Waals surface area contributed by atoms with Crippen molar-refractivity contribution < 1.29 is 24.1 Å². The van der Waals surface area contributed by atoms with Gasteiger partial charge in [-0.25, -0.2) is 0 Å². The van der Waals surface area contributed by atoms with Crippen LogP contribution < -0.4 is 19.1 Å². The van der Waals surface area contributed by atoms with Crippen molar-refractivity contribution in [3.05, 3.63) is 52.6 Å². The normalized spacial score (nSPS) is 18.2. The molecule has 2 aliphatic heterocycles. The van der Waals surface area contributed by atoms with E-state index < -0.39 is 0 Å². The van der Waals surface area contributed by atoms with Crippen molar-refractivity contribution in [3.63, 3.8) is 0 Å². The van der Waals surface area contributed by atoms with Gasteiger partial charge in [0.05, 0.1) is 56.2 Å². The summed E-state index contributed by atoms with van der Waals surface area (Å²) in [6, 6.07) is 12.8. The summed E-state index contributed by atoms with van der Waals surface area (Å²) >= 11 is 1.45. The second-order valence-electron chi connectivity index (χ2n) is 7.33. The van der Waals surface area contributed by atoms with E-state index in [1.54, 1.807) is 37.3 Å². The quantitative estimate of drug-likeness (QED) is 0.733. The molecule has 0 unspecified atom stereocenters. The van der Waals surface area contributed by atoms with Crippen LogP contribution in [-0.4, -0.2) is 49.8 Å². The number of methoxy groups -OCH3 is 3. The number of anilines is 1. The van der Waals surface area contributed by atoms with Gasteiger partial charge in [0.25, 0.3) is 0 Å². The number of ether oxygens (including phenoxy) is 3. The van der Waals surface area contributed by atoms with Gasteiger partial charge in [0.1, 0.15) is 11.5 Å². The Bertz CT molecular complexity index is 1130. The molecule has 8 nitrogen and oxygen atoms in total. The van der Waals surface area contributed by atoms with Gasteiger partial charge in [-0.2, -0.15) is 5.26 Å². The second kappa shape index (κ2) is 8.93. The molecule has 0 saturated carbocycles. The summed E-state index contributed by atoms with van der Waals surface area (Å²) in [7, 11) is 4.66. The first-order valence-electron chi connectivity index (χ1n) is 9.92. The summed E-state index contributed by atoms with van der Waals surface area (Å²) in [5.74, 6) is 1.76. The molecule has 0 aromatic heterocycles. The number of carbonyl (C=O) groups is 1. The average molecular weight is 454 g/mol. The maximum atomic E-state index is 13.1. The zero-order valence-corrected chi connectivity index (χ0v) is 18.8. The third-order valence-corrected chi connectivity index (χ3v) is 6.78. The lowest BCUT2D eigenvalue weighted by Gasteiger charge is -2.42. The fourth-order valence-corrected chi connectivity index (χ4v) is 5.11. The Morgan fingerprint density at radius 2 is 1.88 bits per heavy atom. The van der Waals surface area contributed by atoms with E-state index in [0.717, 1.165) is 11.3 Å². The smallest absolute Gasteiger partial charge is 0.229 e. The first-order valence-corrected chi connectivity index (χ1v) is 10.9. The number of nitrogens with zero attached hydrogens (tertiary/aromatic N) is 3. The molecule has 1 saturated heterocycles. The molecule has 0 aliphatic carbocycles. The molecule has 9 heteroatoms. The minimum absolute atomic E-state index is 0.0160. The molecule has 2 aliphatic rings. The number of phenols is 1. The van der Waals surface area contributed by atoms with Crippen LogP contribution in [0.1, 0.15) is 17.9 Å². The van der Waals surface area contributed by atoms with Crippen molar-refractivity contribution in [1.82, 2.24) is 4.90 Å². The standard InChI is InChI=1S/C23H23N3O5S/c1-29-15-5-6-18(20(9-15)30-2)25-12-26-22(28)10-16(17(11-24)23(26)32-13-25)14-4-7-19(27)21(8-14)31-3/h4-9,16,27H,10,12-13H2,1-3H3/t16-/m1/s1. The third-order valence-electron chi connectivity index (χ3n) is 5.63. The number of benzene rings is 2. The Balaban J connectivity index is 1.67. The van der Waals surface area contributed by atoms with Gasteiger partial charge in [-0.1, -0.05) is 17.8 Å². The average Bonchev–Trinajstić information content (AvgIpc) is 2.83. The van der Waals surface area contributed by atoms with Crippen molar-refractivity contribution in [2.24, 2.45) is 0 Å². The van der Waals surface area contributed by atoms with Gasteiger partial charge in [0.2, 0.25) is 5.91 Å². The Morgan fingerprint density at radius 3 is 2.56 bits per heavy atom. The van der Waals surface area contributed by atoms with Crippen molar-refractivity contribution in [1.29, 1.82) is 5.26 Å². The van der Waals surface area contributed by atoms with Crippen molar-refractivity contribution >= 4 is 23.4 Å². The zero-order chi connectivity index (χ0) is 22.8. The first-order chi connectivity index (χ1) is 15.5. The summed E-state index contributed by atoms with van der Waals surface area (Å²) in [5, 5.41) is 20.5. The number of allylic oxidation sites excluding steroid dienone is 1. The lowest BCUT2D eigenvalue weighted by atomic mass is 9.86. The second-order valence-corrected chi connectivity index (χ2v) is 8.27. The Kier molecular flexibility index (Phi) is 6.06. The molecule has 1 fully saturated rings. The molecule has 166 valence electrons. The molecular weight excluding hydrogens is 430 g/mol. The highest BCUT2D eigenvalue weighted by molar-refractivity contribution is 8.03. The van der Waals surface area contributed by atoms with Gasteiger partial charge < -0.3 is 24.2 Å². The van der Waals surface area contributed by atoms with Crippen LogP contribution in [0.2, 0.25) is 0 Å². The number of phenolic OH excluding ortho intramolecular Hbond substituents is 1. The molecule has 4 rings (SSSR count). The van der Waals surface area contributed by atoms with Gasteiger partial charge in [0, 0.05) is 18.4 Å². The van der Waals surface area contributed by atoms with Crippen molar-refractivity contribution in [2.75, 3.05) is 38.8 Å². The topological polar surface area (TPSA) is 95.3 Å². The van der Waals surface area contributed by atoms with Crippen LogP contribution >= 0.6 is 11.8 Å². The lowest BCUT2D eigenvalue weighted by molar-refractivity contribution is -0.129. The van der Waals surface area contributed by atoms with Gasteiger partial charge in [-0.3, -0.25) is 9.69 Å². The van der Waals surface area contributed by atoms with Crippen LogP contribution in [0.3, 0.4) is 0 Å². The van der Waals surface area contributed by atoms with Crippen LogP contribution in [0, 0.1) is 11.3 Å². The Hall–Kier alpha value is -3.51. The van der Waals surface area contributed by atoms with Gasteiger partial charge in [-0.15, -0.1) is 0 Å². The number of rotatable bonds is 5. The number of amides is 1. The predicted molar refractivity (Wildman–Crippen MR) is 121 cm³/mol. The molecule has 0 spiro atoms. The largest absolute Gasteiger partial charge is 0.504 e. The first kappa shape index (κ1) is 21.7. The van der Waals surface area contributed by atoms with Crippen molar-refractivity contribution in [2.45, 2.75) is 12.3 Å². The number of nitriles is 1. The van der Waals surface area contributed by atoms with Gasteiger partial charge in [-0.05, 0) is 29.8 Å². The van der Waals surface area contributed by atoms with Gasteiger partial charge >= 0.3 is 0 Å². The molecule has 2 aromatic carbocycles. The fraction of sp³-hybridized carbons (Fsp3) is 0.304. The van der Waals surface area contributed by atoms with E-state index >= 15 is 0 Å². The highest BCUT2D eigenvalue weighted by Gasteiger charge is 2.39. The van der Waals surface area contributed by atoms with Crippen LogP contribution in [-0.2, 0) is 4.79 Å². The molecule has 1 N–H and O–H groups in total. The molecule has 2 heterocycles. The van der Waals surface area contributed by atoms with Gasteiger partial charge in [0.15, 0.2) is 11.5 Å². The third kappa shape index (κ3) is 3.78. The number of hydrogen-bond acceptors (Lipinski definition) is 8. The molecule has 0 bridgehead atoms. The van der Waals surface area contributed by atoms with E-state index in [1.807, 2.05) is 17.0 Å². The van der Waals surface area contributed by atoms with E-state index in [1.165, 1.54) is 24.9 Å². The summed E-state index contributed by atoms with van der Waals surface area (Å²) in [6.45, 7) is 0.320. The van der Waals surface area contributed by atoms with Crippen LogP contribution in [0.15, 0.2) is 47.0 Å². The number of aromatic hydroxyl groups is 1. The number of hydrogen-bond donors (Lipinski definition) is 1. The maximum Gasteiger partial charge on any atom is 0.229 e. The minimum atomic E-state index is -0.386. The molecule has 32 heavy (non-hydrogen) atoms. The highest BCUT2D eigenvalue weighted by Crippen LogP contribution is 2.45. The fourth-order valence-electron chi connectivity index (χ4n) is 3.96. The van der Waals surface area contributed by atoms with E-state index in [0.29, 0.717) is 40.4 Å². The van der Waals surface area contributed by atoms with E-state index in [9.17, 15) is 15.2 Å². The van der Waals surface area contributed by atoms with Crippen molar-refractivity contribution in [3.8, 4) is 29.1 Å². The number of carbonyl (C=O) groups excluding carboxylic acids is 1. The minimum Gasteiger partial charge on any atom is -0.504 e. The van der Waals surface area contributed by atoms with Crippen LogP contribution in [0.25, 0.3) is 0 Å². The summed E-state index contributed by atoms with van der Waals surface area (Å²) in [6.07, 6.45) is 0.161. The lowest BCUT2D eigenvalue weighted by Crippen LogP contribution is -2.47. The number of thioether (sulfide) groups is 1. The molecule has 1 amide bonds. The molecule has 0 radical (unpaired) electrons. The SMILES string of the molecule is COc1ccc(N2CSC3=C(C#N)[C@@H](c4ccc(O)c(OC)c4)CC(=O)N3C2)c(OC)c1. The van der Waals surface area contributed by atoms with Crippen LogP contribution in [0.4, 0.5) is 5.69 Å². The van der Waals surface area contributed by atoms with E-state index in [2.05, 4.69) is 6.07 Å². The summed E-state index contributed by atoms with van der Waals surface area (Å²) in [5.41, 5.74) is 2.15. The molecule has 1 atom stereocenters. The van der Waals surface area contributed by atoms with E-state index in [-0.39, 0.29) is 24.0 Å². The zero-order valence-electron chi connectivity index (χ0n) is 18.0. The maximum absolute atomic E-state index is 13.1. The Morgan fingerprint density at radius 1 is 1.09 bits per heavy atom. The van der Waals surface area contributed by atoms with E-state index in [4.69, 9.17) is 14.2 Å². The highest BCUT2D eigenvalue weighted by atomic mass is 32.2.